The summed E-state index contributed by atoms with van der Waals surface area (Å²) in [6, 6.07) is -0.232. The first kappa shape index (κ1) is 19.9. The van der Waals surface area contributed by atoms with Gasteiger partial charge in [0.15, 0.2) is 0 Å². The summed E-state index contributed by atoms with van der Waals surface area (Å²) in [5, 5.41) is 9.05. The smallest absolute Gasteiger partial charge is 0.306 e. The maximum atomic E-state index is 12.6. The molecule has 1 unspecified atom stereocenters. The molecule has 0 rings (SSSR count). The summed E-state index contributed by atoms with van der Waals surface area (Å²) in [6.45, 7) is 10.0. The van der Waals surface area contributed by atoms with Gasteiger partial charge in [-0.05, 0) is 11.8 Å². The summed E-state index contributed by atoms with van der Waals surface area (Å²) in [6.07, 6.45) is 0.266. The van der Waals surface area contributed by atoms with Gasteiger partial charge in [0.1, 0.15) is 0 Å². The molecule has 0 saturated heterocycles. The summed E-state index contributed by atoms with van der Waals surface area (Å²) in [5.74, 6) is -0.542. The molecule has 0 aromatic heterocycles. The first-order chi connectivity index (χ1) is 9.67. The van der Waals surface area contributed by atoms with Crippen molar-refractivity contribution < 1.29 is 19.4 Å². The van der Waals surface area contributed by atoms with E-state index >= 15 is 0 Å². The van der Waals surface area contributed by atoms with Crippen LogP contribution in [0.1, 0.15) is 47.5 Å². The van der Waals surface area contributed by atoms with Gasteiger partial charge in [-0.25, -0.2) is 0 Å². The number of methoxy groups -OCH3 is 1. The fourth-order valence-corrected chi connectivity index (χ4v) is 2.51. The van der Waals surface area contributed by atoms with Crippen LogP contribution in [0.5, 0.6) is 0 Å². The maximum Gasteiger partial charge on any atom is 0.306 e. The lowest BCUT2D eigenvalue weighted by Crippen LogP contribution is -2.51. The van der Waals surface area contributed by atoms with Gasteiger partial charge in [-0.1, -0.05) is 41.0 Å². The highest BCUT2D eigenvalue weighted by molar-refractivity contribution is 5.79. The van der Waals surface area contributed by atoms with Crippen molar-refractivity contribution in [3.8, 4) is 0 Å². The summed E-state index contributed by atoms with van der Waals surface area (Å²) >= 11 is 0. The number of rotatable bonds is 9. The first-order valence-corrected chi connectivity index (χ1v) is 7.68. The van der Waals surface area contributed by atoms with Crippen LogP contribution in [0.3, 0.4) is 0 Å². The Hall–Kier alpha value is -1.10. The Morgan fingerprint density at radius 1 is 1.19 bits per heavy atom. The van der Waals surface area contributed by atoms with Crippen LogP contribution in [0, 0.1) is 17.8 Å². The quantitative estimate of drug-likeness (QED) is 0.711. The van der Waals surface area contributed by atoms with E-state index in [4.69, 9.17) is 9.84 Å². The molecule has 0 aliphatic heterocycles. The van der Waals surface area contributed by atoms with E-state index in [0.717, 1.165) is 6.42 Å². The standard InChI is InChI=1S/C16H31NO4/c1-8-11(4)15(13(21-7)9-14(18)19)17(6)16(20)12(5)10(2)3/h10-13,15H,8-9H2,1-7H3,(H,18,19)/t11-,12-,13-,15?/m0/s1. The Kier molecular flexibility index (Phi) is 8.55. The van der Waals surface area contributed by atoms with E-state index in [1.165, 1.54) is 7.11 Å². The molecule has 0 radical (unpaired) electrons. The topological polar surface area (TPSA) is 66.8 Å². The molecular weight excluding hydrogens is 270 g/mol. The zero-order valence-electron chi connectivity index (χ0n) is 14.4. The molecule has 124 valence electrons. The number of likely N-dealkylation sites (N-methyl/N-ethyl adjacent to an activating group) is 1. The van der Waals surface area contributed by atoms with Crippen LogP contribution in [0.2, 0.25) is 0 Å². The first-order valence-electron chi connectivity index (χ1n) is 7.68. The second-order valence-electron chi connectivity index (χ2n) is 6.23. The molecule has 5 heteroatoms. The highest BCUT2D eigenvalue weighted by Crippen LogP contribution is 2.24. The van der Waals surface area contributed by atoms with Crippen LogP contribution >= 0.6 is 0 Å². The highest BCUT2D eigenvalue weighted by atomic mass is 16.5. The van der Waals surface area contributed by atoms with Crippen molar-refractivity contribution in [3.05, 3.63) is 0 Å². The van der Waals surface area contributed by atoms with Gasteiger partial charge in [0.05, 0.1) is 18.6 Å². The van der Waals surface area contributed by atoms with Crippen LogP contribution in [0.15, 0.2) is 0 Å². The summed E-state index contributed by atoms with van der Waals surface area (Å²) in [5.41, 5.74) is 0. The fourth-order valence-electron chi connectivity index (χ4n) is 2.51. The summed E-state index contributed by atoms with van der Waals surface area (Å²) < 4.78 is 5.38. The molecule has 0 aliphatic rings. The Balaban J connectivity index is 5.30. The van der Waals surface area contributed by atoms with Crippen LogP contribution in [-0.4, -0.2) is 48.2 Å². The Bertz CT molecular complexity index is 343. The summed E-state index contributed by atoms with van der Waals surface area (Å²) in [4.78, 5) is 25.3. The second-order valence-corrected chi connectivity index (χ2v) is 6.23. The number of nitrogens with zero attached hydrogens (tertiary/aromatic N) is 1. The van der Waals surface area contributed by atoms with Gasteiger partial charge in [0.25, 0.3) is 0 Å². The highest BCUT2D eigenvalue weighted by Gasteiger charge is 2.35. The minimum atomic E-state index is -0.909. The van der Waals surface area contributed by atoms with Gasteiger partial charge >= 0.3 is 5.97 Å². The third-order valence-electron chi connectivity index (χ3n) is 4.47. The van der Waals surface area contributed by atoms with Gasteiger partial charge in [0, 0.05) is 20.1 Å². The van der Waals surface area contributed by atoms with E-state index in [-0.39, 0.29) is 36.1 Å². The molecule has 0 aromatic rings. The Morgan fingerprint density at radius 2 is 1.71 bits per heavy atom. The zero-order chi connectivity index (χ0) is 16.7. The van der Waals surface area contributed by atoms with E-state index in [1.54, 1.807) is 11.9 Å². The van der Waals surface area contributed by atoms with E-state index in [2.05, 4.69) is 0 Å². The van der Waals surface area contributed by atoms with Gasteiger partial charge in [-0.2, -0.15) is 0 Å². The molecule has 0 aliphatic carbocycles. The minimum absolute atomic E-state index is 0.0442. The van der Waals surface area contributed by atoms with Crippen LogP contribution in [0.25, 0.3) is 0 Å². The monoisotopic (exact) mass is 301 g/mol. The average molecular weight is 301 g/mol. The predicted molar refractivity (Wildman–Crippen MR) is 83.1 cm³/mol. The lowest BCUT2D eigenvalue weighted by molar-refractivity contribution is -0.148. The molecule has 0 fully saturated rings. The predicted octanol–water partition coefficient (Wildman–Crippen LogP) is 2.64. The number of carboxylic acids is 1. The molecule has 21 heavy (non-hydrogen) atoms. The molecule has 4 atom stereocenters. The van der Waals surface area contributed by atoms with Crippen molar-refractivity contribution in [1.82, 2.24) is 4.90 Å². The zero-order valence-corrected chi connectivity index (χ0v) is 14.4. The van der Waals surface area contributed by atoms with Gasteiger partial charge in [-0.3, -0.25) is 9.59 Å². The molecule has 0 aromatic carbocycles. The van der Waals surface area contributed by atoms with Gasteiger partial charge < -0.3 is 14.7 Å². The molecule has 0 spiro atoms. The number of carbonyl (C=O) groups excluding carboxylic acids is 1. The van der Waals surface area contributed by atoms with E-state index in [0.29, 0.717) is 0 Å². The molecule has 1 N–H and O–H groups in total. The SMILES string of the molecule is CC[C@H](C)C([C@H](CC(=O)O)OC)N(C)C(=O)[C@@H](C)C(C)C. The van der Waals surface area contributed by atoms with Crippen molar-refractivity contribution >= 4 is 11.9 Å². The fraction of sp³-hybridized carbons (Fsp3) is 0.875. The number of amides is 1. The number of carboxylic acid groups (broad SMARTS) is 1. The number of hydrogen-bond acceptors (Lipinski definition) is 3. The lowest BCUT2D eigenvalue weighted by Gasteiger charge is -2.39. The van der Waals surface area contributed by atoms with Crippen molar-refractivity contribution in [2.75, 3.05) is 14.2 Å². The van der Waals surface area contributed by atoms with E-state index in [9.17, 15) is 9.59 Å². The van der Waals surface area contributed by atoms with Gasteiger partial charge in [0.2, 0.25) is 5.91 Å². The Labute approximate surface area is 128 Å². The molecule has 0 saturated carbocycles. The molecule has 0 bridgehead atoms. The second kappa shape index (κ2) is 9.03. The number of carbonyl (C=O) groups is 2. The van der Waals surface area contributed by atoms with E-state index < -0.39 is 12.1 Å². The molecular formula is C16H31NO4. The number of hydrogen-bond donors (Lipinski definition) is 1. The van der Waals surface area contributed by atoms with Gasteiger partial charge in [-0.15, -0.1) is 0 Å². The number of aliphatic carboxylic acids is 1. The van der Waals surface area contributed by atoms with E-state index in [1.807, 2.05) is 34.6 Å². The molecule has 1 amide bonds. The summed E-state index contributed by atoms with van der Waals surface area (Å²) in [7, 11) is 3.26. The van der Waals surface area contributed by atoms with Crippen molar-refractivity contribution in [2.24, 2.45) is 17.8 Å². The Morgan fingerprint density at radius 3 is 2.05 bits per heavy atom. The normalized spacial score (nSPS) is 17.1. The van der Waals surface area contributed by atoms with Crippen LogP contribution < -0.4 is 0 Å². The van der Waals surface area contributed by atoms with Crippen LogP contribution in [-0.2, 0) is 14.3 Å². The largest absolute Gasteiger partial charge is 0.481 e. The van der Waals surface area contributed by atoms with Crippen molar-refractivity contribution in [1.29, 1.82) is 0 Å². The third-order valence-corrected chi connectivity index (χ3v) is 4.47. The minimum Gasteiger partial charge on any atom is -0.481 e. The lowest BCUT2D eigenvalue weighted by atomic mass is 9.89. The molecule has 0 heterocycles. The third kappa shape index (κ3) is 5.65. The average Bonchev–Trinajstić information content (AvgIpc) is 2.43. The maximum absolute atomic E-state index is 12.6. The van der Waals surface area contributed by atoms with Crippen molar-refractivity contribution in [2.45, 2.75) is 59.6 Å². The number of ether oxygens (including phenoxy) is 1. The van der Waals surface area contributed by atoms with Crippen molar-refractivity contribution in [3.63, 3.8) is 0 Å². The van der Waals surface area contributed by atoms with Crippen LogP contribution in [0.4, 0.5) is 0 Å². The molecule has 5 nitrogen and oxygen atoms in total.